The van der Waals surface area contributed by atoms with Crippen molar-refractivity contribution in [2.24, 2.45) is 0 Å². The van der Waals surface area contributed by atoms with Gasteiger partial charge in [-0.15, -0.1) is 0 Å². The Morgan fingerprint density at radius 2 is 2.04 bits per heavy atom. The first-order valence-electron chi connectivity index (χ1n) is 7.77. The van der Waals surface area contributed by atoms with Gasteiger partial charge in [-0.3, -0.25) is 4.79 Å². The van der Waals surface area contributed by atoms with E-state index in [-0.39, 0.29) is 5.02 Å². The minimum Gasteiger partial charge on any atom is -0.449 e. The van der Waals surface area contributed by atoms with E-state index in [1.165, 1.54) is 19.1 Å². The highest BCUT2D eigenvalue weighted by molar-refractivity contribution is 6.33. The molecule has 1 N–H and O–H groups in total. The molecule has 1 saturated carbocycles. The summed E-state index contributed by atoms with van der Waals surface area (Å²) < 4.78 is 18.7. The van der Waals surface area contributed by atoms with Crippen LogP contribution in [0.15, 0.2) is 18.2 Å². The van der Waals surface area contributed by atoms with Crippen molar-refractivity contribution in [1.29, 1.82) is 5.26 Å². The molecule has 5 nitrogen and oxygen atoms in total. The molecule has 1 unspecified atom stereocenters. The summed E-state index contributed by atoms with van der Waals surface area (Å²) in [6.07, 6.45) is 2.69. The number of ether oxygens (including phenoxy) is 1. The smallest absolute Gasteiger partial charge is 0.343 e. The van der Waals surface area contributed by atoms with Crippen LogP contribution in [0, 0.1) is 17.1 Å². The van der Waals surface area contributed by atoms with Crippen LogP contribution < -0.4 is 5.32 Å². The zero-order valence-electron chi connectivity index (χ0n) is 13.3. The zero-order valence-corrected chi connectivity index (χ0v) is 14.0. The van der Waals surface area contributed by atoms with E-state index in [1.807, 2.05) is 0 Å². The molecule has 0 bridgehead atoms. The molecule has 0 heterocycles. The first-order chi connectivity index (χ1) is 11.4. The zero-order chi connectivity index (χ0) is 17.7. The molecule has 0 saturated heterocycles. The molecule has 7 heteroatoms. The van der Waals surface area contributed by atoms with Crippen molar-refractivity contribution in [3.8, 4) is 6.07 Å². The summed E-state index contributed by atoms with van der Waals surface area (Å²) >= 11 is 5.80. The van der Waals surface area contributed by atoms with Crippen LogP contribution in [0.4, 0.5) is 4.39 Å². The molecule has 1 fully saturated rings. The maximum Gasteiger partial charge on any atom is 0.343 e. The standard InChI is InChI=1S/C17H18ClFN2O3/c1-11(15(22)21-17(10-20)8-3-2-4-9-17)24-16(23)14-12(18)6-5-7-13(14)19/h5-7,11H,2-4,8-9H2,1H3,(H,21,22). The van der Waals surface area contributed by atoms with Crippen LogP contribution in [0.3, 0.4) is 0 Å². The predicted molar refractivity (Wildman–Crippen MR) is 85.9 cm³/mol. The van der Waals surface area contributed by atoms with Crippen LogP contribution >= 0.6 is 11.6 Å². The van der Waals surface area contributed by atoms with Crippen molar-refractivity contribution in [3.63, 3.8) is 0 Å². The van der Waals surface area contributed by atoms with Gasteiger partial charge in [0, 0.05) is 0 Å². The summed E-state index contributed by atoms with van der Waals surface area (Å²) in [4.78, 5) is 24.3. The molecule has 128 valence electrons. The Kier molecular flexibility index (Phi) is 5.79. The Labute approximate surface area is 144 Å². The monoisotopic (exact) mass is 352 g/mol. The lowest BCUT2D eigenvalue weighted by molar-refractivity contribution is -0.130. The van der Waals surface area contributed by atoms with Crippen LogP contribution in [0.2, 0.25) is 5.02 Å². The number of rotatable bonds is 4. The highest BCUT2D eigenvalue weighted by atomic mass is 35.5. The van der Waals surface area contributed by atoms with Gasteiger partial charge in [-0.2, -0.15) is 5.26 Å². The average Bonchev–Trinajstić information content (AvgIpc) is 2.55. The Morgan fingerprint density at radius 3 is 2.62 bits per heavy atom. The Hall–Kier alpha value is -2.13. The third-order valence-electron chi connectivity index (χ3n) is 4.10. The number of benzene rings is 1. The number of amides is 1. The number of halogens is 2. The lowest BCUT2D eigenvalue weighted by Crippen LogP contribution is -2.52. The molecule has 0 aliphatic heterocycles. The SMILES string of the molecule is CC(OC(=O)c1c(F)cccc1Cl)C(=O)NC1(C#N)CCCCC1. The minimum atomic E-state index is -1.17. The summed E-state index contributed by atoms with van der Waals surface area (Å²) in [6, 6.07) is 5.96. The van der Waals surface area contributed by atoms with Gasteiger partial charge < -0.3 is 10.1 Å². The molecule has 1 aliphatic rings. The molecular weight excluding hydrogens is 335 g/mol. The normalized spacial score (nSPS) is 17.4. The highest BCUT2D eigenvalue weighted by Gasteiger charge is 2.35. The highest BCUT2D eigenvalue weighted by Crippen LogP contribution is 2.28. The van der Waals surface area contributed by atoms with Gasteiger partial charge in [0.15, 0.2) is 6.10 Å². The van der Waals surface area contributed by atoms with Gasteiger partial charge in [0.05, 0.1) is 11.1 Å². The summed E-state index contributed by atoms with van der Waals surface area (Å²) in [5, 5.41) is 11.9. The van der Waals surface area contributed by atoms with Gasteiger partial charge in [0.25, 0.3) is 5.91 Å². The fraction of sp³-hybridized carbons (Fsp3) is 0.471. The third-order valence-corrected chi connectivity index (χ3v) is 4.42. The van der Waals surface area contributed by atoms with E-state index in [2.05, 4.69) is 11.4 Å². The number of nitriles is 1. The van der Waals surface area contributed by atoms with Gasteiger partial charge in [0.2, 0.25) is 0 Å². The van der Waals surface area contributed by atoms with E-state index in [9.17, 15) is 19.2 Å². The predicted octanol–water partition coefficient (Wildman–Crippen LogP) is 3.37. The molecule has 2 rings (SSSR count). The van der Waals surface area contributed by atoms with E-state index in [0.717, 1.165) is 25.3 Å². The first-order valence-corrected chi connectivity index (χ1v) is 8.14. The van der Waals surface area contributed by atoms with E-state index in [1.54, 1.807) is 0 Å². The molecule has 1 amide bonds. The number of nitrogens with one attached hydrogen (secondary N) is 1. The fourth-order valence-electron chi connectivity index (χ4n) is 2.72. The summed E-state index contributed by atoms with van der Waals surface area (Å²) in [7, 11) is 0. The van der Waals surface area contributed by atoms with Crippen molar-refractivity contribution in [1.82, 2.24) is 5.32 Å². The Bertz CT molecular complexity index is 661. The molecule has 1 aromatic carbocycles. The van der Waals surface area contributed by atoms with Crippen LogP contribution in [0.1, 0.15) is 49.4 Å². The van der Waals surface area contributed by atoms with Gasteiger partial charge >= 0.3 is 5.97 Å². The number of hydrogen-bond acceptors (Lipinski definition) is 4. The van der Waals surface area contributed by atoms with Gasteiger partial charge in [-0.05, 0) is 31.9 Å². The van der Waals surface area contributed by atoms with Crippen molar-refractivity contribution < 1.29 is 18.7 Å². The topological polar surface area (TPSA) is 79.2 Å². The second kappa shape index (κ2) is 7.63. The Balaban J connectivity index is 2.03. The minimum absolute atomic E-state index is 0.0895. The lowest BCUT2D eigenvalue weighted by Gasteiger charge is -2.32. The maximum atomic E-state index is 13.7. The number of carbonyl (C=O) groups is 2. The summed E-state index contributed by atoms with van der Waals surface area (Å²) in [5.41, 5.74) is -1.34. The van der Waals surface area contributed by atoms with Crippen LogP contribution in [0.25, 0.3) is 0 Å². The van der Waals surface area contributed by atoms with Crippen LogP contribution in [-0.4, -0.2) is 23.5 Å². The van der Waals surface area contributed by atoms with Crippen LogP contribution in [0.5, 0.6) is 0 Å². The summed E-state index contributed by atoms with van der Waals surface area (Å²) in [6.45, 7) is 1.37. The van der Waals surface area contributed by atoms with E-state index < -0.39 is 34.9 Å². The van der Waals surface area contributed by atoms with Crippen LogP contribution in [-0.2, 0) is 9.53 Å². The molecule has 1 aliphatic carbocycles. The molecule has 1 atom stereocenters. The maximum absolute atomic E-state index is 13.7. The van der Waals surface area contributed by atoms with E-state index in [4.69, 9.17) is 16.3 Å². The molecule has 1 aromatic rings. The number of carbonyl (C=O) groups excluding carboxylic acids is 2. The van der Waals surface area contributed by atoms with E-state index in [0.29, 0.717) is 12.8 Å². The number of hydrogen-bond donors (Lipinski definition) is 1. The van der Waals surface area contributed by atoms with Crippen molar-refractivity contribution in [3.05, 3.63) is 34.6 Å². The van der Waals surface area contributed by atoms with Crippen molar-refractivity contribution in [2.45, 2.75) is 50.7 Å². The van der Waals surface area contributed by atoms with Gasteiger partial charge in [0.1, 0.15) is 16.9 Å². The Morgan fingerprint density at radius 1 is 1.38 bits per heavy atom. The number of nitrogens with zero attached hydrogens (tertiary/aromatic N) is 1. The van der Waals surface area contributed by atoms with Gasteiger partial charge in [-0.1, -0.05) is 36.9 Å². The number of esters is 1. The first kappa shape index (κ1) is 18.2. The van der Waals surface area contributed by atoms with Crippen molar-refractivity contribution in [2.75, 3.05) is 0 Å². The second-order valence-electron chi connectivity index (χ2n) is 5.89. The molecule has 0 aromatic heterocycles. The summed E-state index contributed by atoms with van der Waals surface area (Å²) in [5.74, 6) is -2.42. The molecule has 24 heavy (non-hydrogen) atoms. The lowest BCUT2D eigenvalue weighted by atomic mass is 9.83. The third kappa shape index (κ3) is 4.04. The molecule has 0 radical (unpaired) electrons. The molecular formula is C17H18ClFN2O3. The van der Waals surface area contributed by atoms with E-state index >= 15 is 0 Å². The second-order valence-corrected chi connectivity index (χ2v) is 6.30. The fourth-order valence-corrected chi connectivity index (χ4v) is 2.96. The van der Waals surface area contributed by atoms with Crippen molar-refractivity contribution >= 4 is 23.5 Å². The quantitative estimate of drug-likeness (QED) is 0.842. The molecule has 0 spiro atoms. The average molecular weight is 353 g/mol. The largest absolute Gasteiger partial charge is 0.449 e. The van der Waals surface area contributed by atoms with Gasteiger partial charge in [-0.25, -0.2) is 9.18 Å².